The molecule has 0 aliphatic carbocycles. The van der Waals surface area contributed by atoms with Crippen LogP contribution in [0.1, 0.15) is 42.4 Å². The molecule has 1 amide bonds. The lowest BCUT2D eigenvalue weighted by molar-refractivity contribution is -0.138. The SMILES string of the molecule is COCCn1c(=O)n(C2CCN(C(=O)C3CCN(Cc4csc(CN)n4)CC3)CC2)c2ccccc21. The molecule has 2 fully saturated rings. The summed E-state index contributed by atoms with van der Waals surface area (Å²) in [5.41, 5.74) is 8.69. The number of likely N-dealkylation sites (tertiary alicyclic amines) is 2. The molecule has 0 spiro atoms. The maximum Gasteiger partial charge on any atom is 0.329 e. The highest BCUT2D eigenvalue weighted by molar-refractivity contribution is 7.09. The molecule has 10 heteroatoms. The number of piperidine rings is 2. The van der Waals surface area contributed by atoms with Crippen molar-refractivity contribution in [2.45, 2.75) is 51.4 Å². The molecule has 1 aromatic carbocycles. The molecule has 2 saturated heterocycles. The van der Waals surface area contributed by atoms with Crippen LogP contribution in [0.2, 0.25) is 0 Å². The normalized spacial score (nSPS) is 18.3. The van der Waals surface area contributed by atoms with Gasteiger partial charge in [-0.05, 0) is 50.9 Å². The number of aromatic nitrogens is 3. The summed E-state index contributed by atoms with van der Waals surface area (Å²) in [5.74, 6) is 0.369. The second-order valence-electron chi connectivity index (χ2n) is 9.83. The third-order valence-corrected chi connectivity index (χ3v) is 8.55. The molecule has 0 atom stereocenters. The number of amides is 1. The van der Waals surface area contributed by atoms with Gasteiger partial charge in [-0.15, -0.1) is 11.3 Å². The first-order valence-electron chi connectivity index (χ1n) is 12.9. The number of rotatable bonds is 8. The van der Waals surface area contributed by atoms with Crippen molar-refractivity contribution in [1.82, 2.24) is 23.9 Å². The molecule has 2 N–H and O–H groups in total. The van der Waals surface area contributed by atoms with Gasteiger partial charge in [-0.25, -0.2) is 9.78 Å². The Morgan fingerprint density at radius 1 is 1.11 bits per heavy atom. The van der Waals surface area contributed by atoms with Crippen LogP contribution in [0.3, 0.4) is 0 Å². The van der Waals surface area contributed by atoms with E-state index in [-0.39, 0.29) is 23.6 Å². The Hall–Kier alpha value is -2.53. The van der Waals surface area contributed by atoms with Crippen LogP contribution in [0.15, 0.2) is 34.4 Å². The Balaban J connectivity index is 1.17. The third-order valence-electron chi connectivity index (χ3n) is 7.63. The number of thiazole rings is 1. The Labute approximate surface area is 215 Å². The highest BCUT2D eigenvalue weighted by Gasteiger charge is 2.32. The van der Waals surface area contributed by atoms with E-state index < -0.39 is 0 Å². The molecule has 2 aliphatic heterocycles. The Kier molecular flexibility index (Phi) is 7.85. The molecule has 4 heterocycles. The largest absolute Gasteiger partial charge is 0.383 e. The van der Waals surface area contributed by atoms with Gasteiger partial charge in [0.25, 0.3) is 0 Å². The number of imidazole rings is 1. The number of fused-ring (bicyclic) bond motifs is 1. The lowest BCUT2D eigenvalue weighted by Crippen LogP contribution is -2.46. The van der Waals surface area contributed by atoms with Crippen molar-refractivity contribution in [2.24, 2.45) is 11.7 Å². The van der Waals surface area contributed by atoms with E-state index in [2.05, 4.69) is 15.3 Å². The summed E-state index contributed by atoms with van der Waals surface area (Å²) in [6.07, 6.45) is 3.38. The maximum absolute atomic E-state index is 13.3. The topological polar surface area (TPSA) is 98.6 Å². The van der Waals surface area contributed by atoms with E-state index >= 15 is 0 Å². The van der Waals surface area contributed by atoms with E-state index in [1.54, 1.807) is 18.4 Å². The van der Waals surface area contributed by atoms with Crippen LogP contribution in [0.5, 0.6) is 0 Å². The van der Waals surface area contributed by atoms with Crippen molar-refractivity contribution in [3.63, 3.8) is 0 Å². The van der Waals surface area contributed by atoms with Crippen molar-refractivity contribution in [3.05, 3.63) is 50.8 Å². The predicted octanol–water partition coefficient (Wildman–Crippen LogP) is 2.44. The van der Waals surface area contributed by atoms with Crippen LogP contribution < -0.4 is 11.4 Å². The number of hydrogen-bond acceptors (Lipinski definition) is 7. The van der Waals surface area contributed by atoms with Crippen LogP contribution >= 0.6 is 11.3 Å². The number of para-hydroxylation sites is 2. The van der Waals surface area contributed by atoms with E-state index in [1.165, 1.54) is 0 Å². The van der Waals surface area contributed by atoms with E-state index in [4.69, 9.17) is 10.5 Å². The van der Waals surface area contributed by atoms with Gasteiger partial charge in [0.15, 0.2) is 0 Å². The zero-order valence-corrected chi connectivity index (χ0v) is 21.8. The van der Waals surface area contributed by atoms with Crippen molar-refractivity contribution in [2.75, 3.05) is 39.9 Å². The lowest BCUT2D eigenvalue weighted by Gasteiger charge is -2.37. The molecule has 0 bridgehead atoms. The van der Waals surface area contributed by atoms with Gasteiger partial charge in [-0.1, -0.05) is 12.1 Å². The smallest absolute Gasteiger partial charge is 0.329 e. The van der Waals surface area contributed by atoms with E-state index in [9.17, 15) is 9.59 Å². The molecular weight excluding hydrogens is 476 g/mol. The first-order valence-corrected chi connectivity index (χ1v) is 13.8. The number of hydrogen-bond donors (Lipinski definition) is 1. The summed E-state index contributed by atoms with van der Waals surface area (Å²) >= 11 is 1.62. The highest BCUT2D eigenvalue weighted by Crippen LogP contribution is 2.28. The van der Waals surface area contributed by atoms with E-state index in [0.29, 0.717) is 32.8 Å². The van der Waals surface area contributed by atoms with Gasteiger partial charge < -0.3 is 15.4 Å². The molecule has 0 unspecified atom stereocenters. The molecule has 0 saturated carbocycles. The van der Waals surface area contributed by atoms with Gasteiger partial charge in [0.2, 0.25) is 5.91 Å². The zero-order chi connectivity index (χ0) is 25.1. The molecule has 0 radical (unpaired) electrons. The quantitative estimate of drug-likeness (QED) is 0.498. The van der Waals surface area contributed by atoms with Crippen molar-refractivity contribution in [1.29, 1.82) is 0 Å². The van der Waals surface area contributed by atoms with E-state index in [0.717, 1.165) is 67.1 Å². The van der Waals surface area contributed by atoms with Gasteiger partial charge in [-0.2, -0.15) is 0 Å². The molecule has 2 aliphatic rings. The second kappa shape index (κ2) is 11.2. The summed E-state index contributed by atoms with van der Waals surface area (Å²) in [7, 11) is 1.65. The first kappa shape index (κ1) is 25.1. The summed E-state index contributed by atoms with van der Waals surface area (Å²) in [5, 5.41) is 3.06. The van der Waals surface area contributed by atoms with Crippen molar-refractivity contribution >= 4 is 28.3 Å². The standard InChI is InChI=1S/C26H36N6O3S/c1-35-15-14-31-22-4-2-3-5-23(22)32(26(31)34)21-8-12-30(13-9-21)25(33)19-6-10-29(11-7-19)17-20-18-36-24(16-27)28-20/h2-5,18-19,21H,6-17,27H2,1H3. The number of ether oxygens (including phenoxy) is 1. The van der Waals surface area contributed by atoms with Crippen LogP contribution in [-0.4, -0.2) is 69.7 Å². The number of nitrogens with two attached hydrogens (primary N) is 1. The Morgan fingerprint density at radius 3 is 2.50 bits per heavy atom. The summed E-state index contributed by atoms with van der Waals surface area (Å²) in [6.45, 7) is 5.59. The number of carbonyl (C=O) groups is 1. The molecule has 2 aromatic heterocycles. The summed E-state index contributed by atoms with van der Waals surface area (Å²) in [4.78, 5) is 35.6. The number of benzene rings is 1. The monoisotopic (exact) mass is 512 g/mol. The zero-order valence-electron chi connectivity index (χ0n) is 21.0. The fourth-order valence-electron chi connectivity index (χ4n) is 5.67. The van der Waals surface area contributed by atoms with Crippen LogP contribution in [0.4, 0.5) is 0 Å². The van der Waals surface area contributed by atoms with Gasteiger partial charge in [-0.3, -0.25) is 18.8 Å². The third kappa shape index (κ3) is 5.13. The van der Waals surface area contributed by atoms with Crippen molar-refractivity contribution < 1.29 is 9.53 Å². The maximum atomic E-state index is 13.3. The number of methoxy groups -OCH3 is 1. The molecule has 9 nitrogen and oxygen atoms in total. The Morgan fingerprint density at radius 2 is 1.83 bits per heavy atom. The fraction of sp³-hybridized carbons (Fsp3) is 0.577. The number of nitrogens with zero attached hydrogens (tertiary/aromatic N) is 5. The highest BCUT2D eigenvalue weighted by atomic mass is 32.1. The fourth-order valence-corrected chi connectivity index (χ4v) is 6.33. The average Bonchev–Trinajstić information content (AvgIpc) is 3.49. The molecular formula is C26H36N6O3S. The first-order chi connectivity index (χ1) is 17.6. The van der Waals surface area contributed by atoms with Crippen LogP contribution in [0, 0.1) is 5.92 Å². The molecule has 36 heavy (non-hydrogen) atoms. The second-order valence-corrected chi connectivity index (χ2v) is 10.8. The average molecular weight is 513 g/mol. The number of carbonyl (C=O) groups excluding carboxylic acids is 1. The van der Waals surface area contributed by atoms with Gasteiger partial charge in [0.1, 0.15) is 5.01 Å². The van der Waals surface area contributed by atoms with E-state index in [1.807, 2.05) is 38.3 Å². The van der Waals surface area contributed by atoms with Crippen molar-refractivity contribution in [3.8, 4) is 0 Å². The minimum Gasteiger partial charge on any atom is -0.383 e. The van der Waals surface area contributed by atoms with Crippen LogP contribution in [-0.2, 0) is 29.2 Å². The minimum atomic E-state index is 0.0177. The van der Waals surface area contributed by atoms with Gasteiger partial charge in [0, 0.05) is 50.6 Å². The molecule has 5 rings (SSSR count). The van der Waals surface area contributed by atoms with Gasteiger partial charge in [0.05, 0.1) is 29.9 Å². The molecule has 194 valence electrons. The lowest BCUT2D eigenvalue weighted by atomic mass is 9.93. The predicted molar refractivity (Wildman–Crippen MR) is 141 cm³/mol. The van der Waals surface area contributed by atoms with Crippen LogP contribution in [0.25, 0.3) is 11.0 Å². The Bertz CT molecular complexity index is 1230. The summed E-state index contributed by atoms with van der Waals surface area (Å²) < 4.78 is 8.98. The van der Waals surface area contributed by atoms with Gasteiger partial charge >= 0.3 is 5.69 Å². The summed E-state index contributed by atoms with van der Waals surface area (Å²) in [6, 6.07) is 8.08. The minimum absolute atomic E-state index is 0.0177. The molecule has 3 aromatic rings.